The predicted molar refractivity (Wildman–Crippen MR) is 161 cm³/mol. The van der Waals surface area contributed by atoms with Crippen molar-refractivity contribution in [2.75, 3.05) is 10.8 Å². The Bertz CT molecular complexity index is 1400. The Morgan fingerprint density at radius 1 is 0.850 bits per heavy atom. The molecule has 3 aromatic rings. The number of carbonyl (C=O) groups excluding carboxylic acids is 2. The van der Waals surface area contributed by atoms with Crippen molar-refractivity contribution in [2.24, 2.45) is 0 Å². The Labute approximate surface area is 239 Å². The van der Waals surface area contributed by atoms with Crippen molar-refractivity contribution >= 4 is 27.5 Å². The summed E-state index contributed by atoms with van der Waals surface area (Å²) in [4.78, 5) is 29.2. The number of hydrogen-bond acceptors (Lipinski definition) is 4. The van der Waals surface area contributed by atoms with Gasteiger partial charge in [0.2, 0.25) is 11.8 Å². The minimum atomic E-state index is -4.09. The molecule has 0 aliphatic heterocycles. The van der Waals surface area contributed by atoms with Crippen molar-refractivity contribution in [2.45, 2.75) is 77.9 Å². The zero-order valence-corrected chi connectivity index (χ0v) is 25.2. The van der Waals surface area contributed by atoms with Gasteiger partial charge in [-0.05, 0) is 87.1 Å². The number of nitrogens with one attached hydrogen (secondary N) is 1. The molecule has 214 valence electrons. The van der Waals surface area contributed by atoms with E-state index in [0.717, 1.165) is 33.0 Å². The second-order valence-electron chi connectivity index (χ2n) is 10.4. The Kier molecular flexibility index (Phi) is 10.5. The number of nitrogens with zero attached hydrogens (tertiary/aromatic N) is 2. The third kappa shape index (κ3) is 7.50. The van der Waals surface area contributed by atoms with Crippen LogP contribution in [0.5, 0.6) is 0 Å². The molecule has 0 unspecified atom stereocenters. The predicted octanol–water partition coefficient (Wildman–Crippen LogP) is 5.53. The lowest BCUT2D eigenvalue weighted by atomic mass is 10.1. The summed E-state index contributed by atoms with van der Waals surface area (Å²) in [6, 6.07) is 20.5. The van der Waals surface area contributed by atoms with Gasteiger partial charge in [-0.15, -0.1) is 0 Å². The van der Waals surface area contributed by atoms with Crippen molar-refractivity contribution in [1.29, 1.82) is 0 Å². The molecule has 0 saturated carbocycles. The molecule has 3 aromatic carbocycles. The third-order valence-electron chi connectivity index (χ3n) is 7.09. The molecular weight excluding hydrogens is 522 g/mol. The minimum Gasteiger partial charge on any atom is -0.352 e. The number of sulfonamides is 1. The van der Waals surface area contributed by atoms with Crippen LogP contribution in [-0.2, 0) is 26.2 Å². The van der Waals surface area contributed by atoms with Gasteiger partial charge in [-0.3, -0.25) is 13.9 Å². The highest BCUT2D eigenvalue weighted by molar-refractivity contribution is 7.92. The fourth-order valence-corrected chi connectivity index (χ4v) is 6.09. The van der Waals surface area contributed by atoms with E-state index < -0.39 is 28.5 Å². The number of hydrogen-bond donors (Lipinski definition) is 1. The monoisotopic (exact) mass is 563 g/mol. The molecule has 0 aromatic heterocycles. The smallest absolute Gasteiger partial charge is 0.264 e. The van der Waals surface area contributed by atoms with E-state index in [4.69, 9.17) is 0 Å². The highest BCUT2D eigenvalue weighted by Crippen LogP contribution is 2.27. The summed E-state index contributed by atoms with van der Waals surface area (Å²) in [5.41, 5.74) is 4.05. The average molecular weight is 564 g/mol. The van der Waals surface area contributed by atoms with Crippen LogP contribution in [0.15, 0.2) is 77.7 Å². The number of anilines is 1. The zero-order valence-electron chi connectivity index (χ0n) is 24.3. The summed E-state index contributed by atoms with van der Waals surface area (Å²) in [6.07, 6.45) is 1.14. The zero-order chi connectivity index (χ0) is 29.4. The van der Waals surface area contributed by atoms with Crippen LogP contribution < -0.4 is 9.62 Å². The fourth-order valence-electron chi connectivity index (χ4n) is 4.67. The molecule has 0 heterocycles. The van der Waals surface area contributed by atoms with Crippen LogP contribution in [-0.4, -0.2) is 43.8 Å². The summed E-state index contributed by atoms with van der Waals surface area (Å²) < 4.78 is 29.1. The quantitative estimate of drug-likeness (QED) is 0.314. The summed E-state index contributed by atoms with van der Waals surface area (Å²) in [5, 5.41) is 3.01. The molecule has 1 N–H and O–H groups in total. The minimum absolute atomic E-state index is 0.0535. The van der Waals surface area contributed by atoms with Gasteiger partial charge in [0.25, 0.3) is 10.0 Å². The number of aryl methyl sites for hydroxylation is 3. The Morgan fingerprint density at radius 2 is 1.45 bits per heavy atom. The first-order chi connectivity index (χ1) is 19.0. The summed E-state index contributed by atoms with van der Waals surface area (Å²) in [6.45, 7) is 11.2. The molecular formula is C32H41N3O4S. The molecule has 2 atom stereocenters. The van der Waals surface area contributed by atoms with Gasteiger partial charge in [0, 0.05) is 12.6 Å². The van der Waals surface area contributed by atoms with Crippen molar-refractivity contribution in [3.8, 4) is 0 Å². The molecule has 0 bridgehead atoms. The van der Waals surface area contributed by atoms with Gasteiger partial charge in [0.15, 0.2) is 0 Å². The Morgan fingerprint density at radius 3 is 2.02 bits per heavy atom. The van der Waals surface area contributed by atoms with Gasteiger partial charge in [0.05, 0.1) is 10.6 Å². The maximum absolute atomic E-state index is 14.2. The molecule has 7 nitrogen and oxygen atoms in total. The SMILES string of the molecule is CC[C@@H](C)NC(=O)[C@@H](CC)N(Cc1ccccc1C)C(=O)CN(c1cc(C)cc(C)c1)S(=O)(=O)c1ccccc1. The van der Waals surface area contributed by atoms with Crippen LogP contribution in [0.3, 0.4) is 0 Å². The van der Waals surface area contributed by atoms with Crippen molar-refractivity contribution in [3.05, 3.63) is 95.1 Å². The Balaban J connectivity index is 2.09. The highest BCUT2D eigenvalue weighted by atomic mass is 32.2. The van der Waals surface area contributed by atoms with Crippen LogP contribution in [0.25, 0.3) is 0 Å². The van der Waals surface area contributed by atoms with Crippen molar-refractivity contribution in [3.63, 3.8) is 0 Å². The number of carbonyl (C=O) groups is 2. The van der Waals surface area contributed by atoms with Gasteiger partial charge >= 0.3 is 0 Å². The number of benzene rings is 3. The molecule has 0 fully saturated rings. The van der Waals surface area contributed by atoms with E-state index in [1.54, 1.807) is 30.3 Å². The largest absolute Gasteiger partial charge is 0.352 e. The molecule has 0 spiro atoms. The van der Waals surface area contributed by atoms with Crippen LogP contribution in [0.4, 0.5) is 5.69 Å². The Hall–Kier alpha value is -3.65. The van der Waals surface area contributed by atoms with E-state index >= 15 is 0 Å². The van der Waals surface area contributed by atoms with E-state index in [9.17, 15) is 18.0 Å². The van der Waals surface area contributed by atoms with E-state index in [-0.39, 0.29) is 23.4 Å². The van der Waals surface area contributed by atoms with Crippen LogP contribution in [0.1, 0.15) is 55.9 Å². The molecule has 0 saturated heterocycles. The standard InChI is InChI=1S/C32H41N3O4S/c1-7-26(6)33-32(37)30(8-2)34(21-27-15-13-12-14-25(27)5)31(36)22-35(28-19-23(3)18-24(4)20-28)40(38,39)29-16-10-9-11-17-29/h9-20,26,30H,7-8,21-22H2,1-6H3,(H,33,37)/t26-,30-/m1/s1. The third-order valence-corrected chi connectivity index (χ3v) is 8.88. The van der Waals surface area contributed by atoms with Crippen molar-refractivity contribution < 1.29 is 18.0 Å². The normalized spacial score (nSPS) is 12.8. The molecule has 2 amide bonds. The van der Waals surface area contributed by atoms with Gasteiger partial charge in [0.1, 0.15) is 12.6 Å². The fraction of sp³-hybridized carbons (Fsp3) is 0.375. The van der Waals surface area contributed by atoms with Crippen molar-refractivity contribution in [1.82, 2.24) is 10.2 Å². The van der Waals surface area contributed by atoms with Crippen LogP contribution in [0.2, 0.25) is 0 Å². The van der Waals surface area contributed by atoms with E-state index in [1.807, 2.05) is 71.9 Å². The lowest BCUT2D eigenvalue weighted by Gasteiger charge is -2.34. The summed E-state index contributed by atoms with van der Waals surface area (Å²) in [5.74, 6) is -0.698. The van der Waals surface area contributed by atoms with E-state index in [1.165, 1.54) is 17.0 Å². The maximum Gasteiger partial charge on any atom is 0.264 e. The second-order valence-corrected chi connectivity index (χ2v) is 12.2. The first-order valence-electron chi connectivity index (χ1n) is 13.8. The molecule has 40 heavy (non-hydrogen) atoms. The number of rotatable bonds is 12. The average Bonchev–Trinajstić information content (AvgIpc) is 2.92. The topological polar surface area (TPSA) is 86.8 Å². The number of amides is 2. The first-order valence-corrected chi connectivity index (χ1v) is 15.2. The lowest BCUT2D eigenvalue weighted by molar-refractivity contribution is -0.140. The maximum atomic E-state index is 14.2. The molecule has 0 radical (unpaired) electrons. The molecule has 0 aliphatic rings. The molecule has 0 aliphatic carbocycles. The van der Waals surface area contributed by atoms with Gasteiger partial charge in [-0.1, -0.05) is 62.4 Å². The summed E-state index contributed by atoms with van der Waals surface area (Å²) >= 11 is 0. The van der Waals surface area contributed by atoms with Gasteiger partial charge in [-0.2, -0.15) is 0 Å². The molecule has 3 rings (SSSR count). The molecule has 8 heteroatoms. The highest BCUT2D eigenvalue weighted by Gasteiger charge is 2.34. The lowest BCUT2D eigenvalue weighted by Crippen LogP contribution is -2.53. The van der Waals surface area contributed by atoms with Crippen LogP contribution >= 0.6 is 0 Å². The van der Waals surface area contributed by atoms with Gasteiger partial charge < -0.3 is 10.2 Å². The first kappa shape index (κ1) is 30.9. The van der Waals surface area contributed by atoms with E-state index in [2.05, 4.69) is 5.32 Å². The van der Waals surface area contributed by atoms with Crippen LogP contribution in [0, 0.1) is 20.8 Å². The summed E-state index contributed by atoms with van der Waals surface area (Å²) in [7, 11) is -4.09. The second kappa shape index (κ2) is 13.6. The van der Waals surface area contributed by atoms with E-state index in [0.29, 0.717) is 12.1 Å². The van der Waals surface area contributed by atoms with Gasteiger partial charge in [-0.25, -0.2) is 8.42 Å².